The van der Waals surface area contributed by atoms with Gasteiger partial charge in [0.2, 0.25) is 5.78 Å². The summed E-state index contributed by atoms with van der Waals surface area (Å²) in [6, 6.07) is 14.9. The van der Waals surface area contributed by atoms with E-state index in [2.05, 4.69) is 27.7 Å². The first-order valence-electron chi connectivity index (χ1n) is 9.65. The number of aryl methyl sites for hydroxylation is 1. The molecule has 0 aliphatic carbocycles. The van der Waals surface area contributed by atoms with E-state index in [4.69, 9.17) is 4.74 Å². The molecule has 2 rings (SSSR count). The fourth-order valence-electron chi connectivity index (χ4n) is 3.35. The minimum absolute atomic E-state index is 0.185. The maximum atomic E-state index is 12.3. The van der Waals surface area contributed by atoms with Crippen LogP contribution in [0.4, 0.5) is 0 Å². The van der Waals surface area contributed by atoms with Crippen molar-refractivity contribution < 1.29 is 14.3 Å². The average Bonchev–Trinajstić information content (AvgIpc) is 2.64. The molecular weight excluding hydrogens is 336 g/mol. The average molecular weight is 367 g/mol. The van der Waals surface area contributed by atoms with Crippen LogP contribution in [-0.2, 0) is 4.74 Å². The molecule has 0 spiro atoms. The molecule has 0 heterocycles. The van der Waals surface area contributed by atoms with E-state index in [0.29, 0.717) is 28.9 Å². The maximum absolute atomic E-state index is 12.3. The first-order chi connectivity index (χ1) is 12.8. The molecule has 0 saturated heterocycles. The number of Topliss-reactive ketones (excluding diaryl/α,β-unsaturated/α-hetero) is 1. The Morgan fingerprint density at radius 2 is 1.56 bits per heavy atom. The van der Waals surface area contributed by atoms with Crippen molar-refractivity contribution in [1.29, 1.82) is 0 Å². The maximum Gasteiger partial charge on any atom is 0.338 e. The molecule has 3 nitrogen and oxygen atoms in total. The van der Waals surface area contributed by atoms with Crippen LogP contribution in [0.25, 0.3) is 0 Å². The van der Waals surface area contributed by atoms with Crippen LogP contribution in [0.1, 0.15) is 71.9 Å². The predicted molar refractivity (Wildman–Crippen MR) is 109 cm³/mol. The summed E-state index contributed by atoms with van der Waals surface area (Å²) in [6.07, 6.45) is 1.12. The van der Waals surface area contributed by atoms with E-state index in [-0.39, 0.29) is 12.4 Å². The number of esters is 1. The van der Waals surface area contributed by atoms with Crippen LogP contribution < -0.4 is 0 Å². The molecule has 1 atom stereocenters. The molecule has 1 unspecified atom stereocenters. The van der Waals surface area contributed by atoms with Gasteiger partial charge in [0.15, 0.2) is 6.61 Å². The second kappa shape index (κ2) is 9.50. The number of ketones is 1. The summed E-state index contributed by atoms with van der Waals surface area (Å²) in [5.74, 6) is 0.979. The molecular formula is C24H30O3. The number of carbonyl (C=O) groups is 2. The van der Waals surface area contributed by atoms with Crippen molar-refractivity contribution in [1.82, 2.24) is 0 Å². The Hall–Kier alpha value is -2.42. The number of carbonyl (C=O) groups excluding carboxylic acids is 2. The molecule has 0 saturated carbocycles. The van der Waals surface area contributed by atoms with Crippen LogP contribution in [-0.4, -0.2) is 18.4 Å². The van der Waals surface area contributed by atoms with Gasteiger partial charge in [0, 0.05) is 5.56 Å². The Morgan fingerprint density at radius 3 is 2.11 bits per heavy atom. The van der Waals surface area contributed by atoms with Crippen LogP contribution in [0.15, 0.2) is 48.5 Å². The number of rotatable bonds is 8. The quantitative estimate of drug-likeness (QED) is 0.437. The largest absolute Gasteiger partial charge is 0.454 e. The van der Waals surface area contributed by atoms with E-state index >= 15 is 0 Å². The Bertz CT molecular complexity index is 772. The van der Waals surface area contributed by atoms with Crippen LogP contribution >= 0.6 is 0 Å². The summed E-state index contributed by atoms with van der Waals surface area (Å²) in [4.78, 5) is 24.5. The standard InChI is InChI=1S/C24H30O3/c1-16(2)14-22(17(3)4)19-10-12-20(13-11-19)24(26)27-15-23(25)21-9-7-6-8-18(21)5/h6-13,16-17,22H,14-15H2,1-5H3. The van der Waals surface area contributed by atoms with Crippen molar-refractivity contribution in [2.45, 2.75) is 47.0 Å². The Balaban J connectivity index is 2.01. The van der Waals surface area contributed by atoms with Gasteiger partial charge in [-0.1, -0.05) is 64.1 Å². The van der Waals surface area contributed by atoms with Gasteiger partial charge < -0.3 is 4.74 Å². The summed E-state index contributed by atoms with van der Waals surface area (Å²) >= 11 is 0. The molecule has 144 valence electrons. The Morgan fingerprint density at radius 1 is 0.926 bits per heavy atom. The number of hydrogen-bond donors (Lipinski definition) is 0. The molecule has 0 radical (unpaired) electrons. The summed E-state index contributed by atoms with van der Waals surface area (Å²) in [5, 5.41) is 0. The summed E-state index contributed by atoms with van der Waals surface area (Å²) in [7, 11) is 0. The lowest BCUT2D eigenvalue weighted by atomic mass is 9.82. The van der Waals surface area contributed by atoms with Crippen LogP contribution in [0.2, 0.25) is 0 Å². The van der Waals surface area contributed by atoms with Crippen LogP contribution in [0.3, 0.4) is 0 Å². The van der Waals surface area contributed by atoms with Crippen molar-refractivity contribution in [3.05, 3.63) is 70.8 Å². The molecule has 0 aliphatic heterocycles. The van der Waals surface area contributed by atoms with E-state index in [1.807, 2.05) is 37.3 Å². The van der Waals surface area contributed by atoms with Gasteiger partial charge in [0.05, 0.1) is 5.56 Å². The Kier molecular flexibility index (Phi) is 7.35. The highest BCUT2D eigenvalue weighted by Gasteiger charge is 2.18. The second-order valence-corrected chi connectivity index (χ2v) is 7.92. The van der Waals surface area contributed by atoms with Crippen LogP contribution in [0, 0.1) is 18.8 Å². The molecule has 0 N–H and O–H groups in total. The normalized spacial score (nSPS) is 12.3. The summed E-state index contributed by atoms with van der Waals surface area (Å²) < 4.78 is 5.22. The molecule has 0 amide bonds. The minimum atomic E-state index is -0.464. The minimum Gasteiger partial charge on any atom is -0.454 e. The smallest absolute Gasteiger partial charge is 0.338 e. The highest BCUT2D eigenvalue weighted by atomic mass is 16.5. The number of ether oxygens (including phenoxy) is 1. The lowest BCUT2D eigenvalue weighted by molar-refractivity contribution is 0.0474. The lowest BCUT2D eigenvalue weighted by Crippen LogP contribution is -2.15. The Labute approximate surface area is 162 Å². The third-order valence-electron chi connectivity index (χ3n) is 4.88. The highest BCUT2D eigenvalue weighted by Crippen LogP contribution is 2.31. The van der Waals surface area contributed by atoms with Crippen molar-refractivity contribution >= 4 is 11.8 Å². The topological polar surface area (TPSA) is 43.4 Å². The molecule has 0 bridgehead atoms. The van der Waals surface area contributed by atoms with Gasteiger partial charge in [-0.05, 0) is 54.4 Å². The molecule has 2 aromatic carbocycles. The second-order valence-electron chi connectivity index (χ2n) is 7.92. The monoisotopic (exact) mass is 366 g/mol. The first-order valence-corrected chi connectivity index (χ1v) is 9.65. The van der Waals surface area contributed by atoms with Gasteiger partial charge in [0.25, 0.3) is 0 Å². The first kappa shape index (κ1) is 20.9. The van der Waals surface area contributed by atoms with Crippen molar-refractivity contribution in [3.8, 4) is 0 Å². The molecule has 0 fully saturated rings. The zero-order chi connectivity index (χ0) is 20.0. The van der Waals surface area contributed by atoms with E-state index < -0.39 is 5.97 Å². The van der Waals surface area contributed by atoms with E-state index in [1.165, 1.54) is 5.56 Å². The number of hydrogen-bond acceptors (Lipinski definition) is 3. The van der Waals surface area contributed by atoms with Crippen molar-refractivity contribution in [2.24, 2.45) is 11.8 Å². The fourth-order valence-corrected chi connectivity index (χ4v) is 3.35. The fraction of sp³-hybridized carbons (Fsp3) is 0.417. The third kappa shape index (κ3) is 5.78. The van der Waals surface area contributed by atoms with Gasteiger partial charge in [-0.25, -0.2) is 4.79 Å². The van der Waals surface area contributed by atoms with E-state index in [1.54, 1.807) is 18.2 Å². The molecule has 0 aliphatic rings. The van der Waals surface area contributed by atoms with Crippen molar-refractivity contribution in [3.63, 3.8) is 0 Å². The van der Waals surface area contributed by atoms with Crippen molar-refractivity contribution in [2.75, 3.05) is 6.61 Å². The zero-order valence-electron chi connectivity index (χ0n) is 17.0. The molecule has 27 heavy (non-hydrogen) atoms. The SMILES string of the molecule is Cc1ccccc1C(=O)COC(=O)c1ccc(C(CC(C)C)C(C)C)cc1. The predicted octanol–water partition coefficient (Wildman–Crippen LogP) is 5.82. The number of benzene rings is 2. The van der Waals surface area contributed by atoms with Crippen LogP contribution in [0.5, 0.6) is 0 Å². The summed E-state index contributed by atoms with van der Waals surface area (Å²) in [5.41, 5.74) is 3.19. The van der Waals surface area contributed by atoms with E-state index in [0.717, 1.165) is 12.0 Å². The third-order valence-corrected chi connectivity index (χ3v) is 4.88. The molecule has 2 aromatic rings. The van der Waals surface area contributed by atoms with Gasteiger partial charge in [-0.2, -0.15) is 0 Å². The summed E-state index contributed by atoms with van der Waals surface area (Å²) in [6.45, 7) is 10.5. The lowest BCUT2D eigenvalue weighted by Gasteiger charge is -2.23. The molecule has 3 heteroatoms. The van der Waals surface area contributed by atoms with Gasteiger partial charge >= 0.3 is 5.97 Å². The van der Waals surface area contributed by atoms with Gasteiger partial charge in [-0.15, -0.1) is 0 Å². The molecule has 0 aromatic heterocycles. The van der Waals surface area contributed by atoms with E-state index in [9.17, 15) is 9.59 Å². The van der Waals surface area contributed by atoms with Gasteiger partial charge in [0.1, 0.15) is 0 Å². The van der Waals surface area contributed by atoms with Gasteiger partial charge in [-0.3, -0.25) is 4.79 Å². The highest BCUT2D eigenvalue weighted by molar-refractivity contribution is 6.00. The zero-order valence-corrected chi connectivity index (χ0v) is 17.0.